The Morgan fingerprint density at radius 2 is 1.79 bits per heavy atom. The van der Waals surface area contributed by atoms with Gasteiger partial charge in [-0.15, -0.1) is 0 Å². The molecule has 9 heteroatoms. The van der Waals surface area contributed by atoms with E-state index in [0.717, 1.165) is 11.4 Å². The van der Waals surface area contributed by atoms with Gasteiger partial charge in [-0.1, -0.05) is 23.7 Å². The van der Waals surface area contributed by atoms with E-state index < -0.39 is 10.0 Å². The molecule has 2 aromatic carbocycles. The van der Waals surface area contributed by atoms with Crippen LogP contribution in [0, 0.1) is 0 Å². The van der Waals surface area contributed by atoms with E-state index in [2.05, 4.69) is 9.62 Å². The second-order valence-corrected chi connectivity index (χ2v) is 10.2. The number of rotatable bonds is 7. The zero-order valence-electron chi connectivity index (χ0n) is 18.3. The molecule has 1 fully saturated rings. The highest BCUT2D eigenvalue weighted by molar-refractivity contribution is 7.89. The van der Waals surface area contributed by atoms with Gasteiger partial charge in [-0.05, 0) is 61.4 Å². The molecule has 2 heterocycles. The molecule has 174 valence electrons. The summed E-state index contributed by atoms with van der Waals surface area (Å²) in [4.78, 5) is 17.1. The first-order chi connectivity index (χ1) is 15.8. The van der Waals surface area contributed by atoms with Gasteiger partial charge in [0.25, 0.3) is 5.91 Å². The van der Waals surface area contributed by atoms with Crippen molar-refractivity contribution in [3.05, 3.63) is 83.3 Å². The summed E-state index contributed by atoms with van der Waals surface area (Å²) < 4.78 is 33.5. The molecule has 1 saturated heterocycles. The topological polar surface area (TPSA) is 82.9 Å². The summed E-state index contributed by atoms with van der Waals surface area (Å²) in [7, 11) is -1.86. The van der Waals surface area contributed by atoms with E-state index in [1.807, 2.05) is 30.3 Å². The van der Waals surface area contributed by atoms with Crippen LogP contribution in [-0.2, 0) is 16.6 Å². The van der Waals surface area contributed by atoms with Crippen LogP contribution in [0.2, 0.25) is 5.02 Å². The Hall–Kier alpha value is -2.81. The van der Waals surface area contributed by atoms with Crippen LogP contribution in [0.1, 0.15) is 29.0 Å². The Balaban J connectivity index is 1.41. The zero-order valence-corrected chi connectivity index (χ0v) is 19.8. The number of piperidine rings is 1. The van der Waals surface area contributed by atoms with Crippen molar-refractivity contribution in [1.82, 2.24) is 9.62 Å². The smallest absolute Gasteiger partial charge is 0.256 e. The van der Waals surface area contributed by atoms with Gasteiger partial charge in [-0.2, -0.15) is 0 Å². The lowest BCUT2D eigenvalue weighted by atomic mass is 10.0. The lowest BCUT2D eigenvalue weighted by Gasteiger charge is -2.35. The second-order valence-electron chi connectivity index (χ2n) is 8.09. The Kier molecular flexibility index (Phi) is 7.07. The van der Waals surface area contributed by atoms with E-state index in [0.29, 0.717) is 43.1 Å². The van der Waals surface area contributed by atoms with Gasteiger partial charge < -0.3 is 14.2 Å². The second kappa shape index (κ2) is 9.99. The monoisotopic (exact) mass is 487 g/mol. The molecule has 0 spiro atoms. The molecule has 1 aliphatic heterocycles. The minimum atomic E-state index is -3.61. The van der Waals surface area contributed by atoms with E-state index in [1.54, 1.807) is 36.4 Å². The Morgan fingerprint density at radius 1 is 1.09 bits per heavy atom. The van der Waals surface area contributed by atoms with E-state index >= 15 is 0 Å². The van der Waals surface area contributed by atoms with Crippen LogP contribution < -0.4 is 9.62 Å². The summed E-state index contributed by atoms with van der Waals surface area (Å²) in [5.74, 6) is 0.629. The highest BCUT2D eigenvalue weighted by Gasteiger charge is 2.27. The van der Waals surface area contributed by atoms with Crippen LogP contribution in [0.3, 0.4) is 0 Å². The molecule has 1 aromatic heterocycles. The van der Waals surface area contributed by atoms with Crippen molar-refractivity contribution in [2.75, 3.05) is 25.0 Å². The lowest BCUT2D eigenvalue weighted by Crippen LogP contribution is -2.45. The molecular formula is C24H26ClN3O4S. The van der Waals surface area contributed by atoms with Gasteiger partial charge in [0, 0.05) is 36.9 Å². The average Bonchev–Trinajstić information content (AvgIpc) is 3.32. The number of sulfonamides is 1. The molecule has 0 atom stereocenters. The molecular weight excluding hydrogens is 462 g/mol. The SMILES string of the molecule is CN(Cc1ccco1)C(=O)c1ccccc1N1CCC(NS(=O)(=O)c2ccc(Cl)cc2)CC1. The fourth-order valence-corrected chi connectivity index (χ4v) is 5.41. The number of halogens is 1. The van der Waals surface area contributed by atoms with Crippen LogP contribution in [0.5, 0.6) is 0 Å². The van der Waals surface area contributed by atoms with E-state index in [4.69, 9.17) is 16.0 Å². The highest BCUT2D eigenvalue weighted by atomic mass is 35.5. The number of carbonyl (C=O) groups is 1. The number of hydrogen-bond acceptors (Lipinski definition) is 5. The molecule has 0 unspecified atom stereocenters. The molecule has 0 bridgehead atoms. The highest BCUT2D eigenvalue weighted by Crippen LogP contribution is 2.26. The Bertz CT molecular complexity index is 1190. The van der Waals surface area contributed by atoms with Crippen LogP contribution in [0.15, 0.2) is 76.2 Å². The third-order valence-corrected chi connectivity index (χ3v) is 7.52. The molecule has 0 saturated carbocycles. The number of hydrogen-bond donors (Lipinski definition) is 1. The molecule has 1 aliphatic rings. The normalized spacial score (nSPS) is 14.9. The molecule has 33 heavy (non-hydrogen) atoms. The Morgan fingerprint density at radius 3 is 2.45 bits per heavy atom. The van der Waals surface area contributed by atoms with Crippen molar-refractivity contribution in [3.63, 3.8) is 0 Å². The number of nitrogens with one attached hydrogen (secondary N) is 1. The standard InChI is InChI=1S/C24H26ClN3O4S/c1-27(17-20-5-4-16-32-20)24(29)22-6-2-3-7-23(22)28-14-12-19(13-15-28)26-33(30,31)21-10-8-18(25)9-11-21/h2-11,16,19,26H,12-15,17H2,1H3. The molecule has 7 nitrogen and oxygen atoms in total. The van der Waals surface area contributed by atoms with Gasteiger partial charge in [0.15, 0.2) is 0 Å². The first-order valence-electron chi connectivity index (χ1n) is 10.7. The number of benzene rings is 2. The van der Waals surface area contributed by atoms with Crippen LogP contribution >= 0.6 is 11.6 Å². The van der Waals surface area contributed by atoms with Gasteiger partial charge in [0.2, 0.25) is 10.0 Å². The fourth-order valence-electron chi connectivity index (χ4n) is 3.98. The molecule has 4 rings (SSSR count). The van der Waals surface area contributed by atoms with E-state index in [-0.39, 0.29) is 16.8 Å². The predicted molar refractivity (Wildman–Crippen MR) is 128 cm³/mol. The van der Waals surface area contributed by atoms with Gasteiger partial charge in [-0.25, -0.2) is 13.1 Å². The zero-order chi connectivity index (χ0) is 23.4. The summed E-state index contributed by atoms with van der Waals surface area (Å²) >= 11 is 5.87. The molecule has 1 N–H and O–H groups in total. The average molecular weight is 488 g/mol. The summed E-state index contributed by atoms with van der Waals surface area (Å²) in [6, 6.07) is 17.1. The number of amides is 1. The maximum atomic E-state index is 13.1. The molecule has 0 radical (unpaired) electrons. The Labute approximate surface area is 199 Å². The van der Waals surface area contributed by atoms with Gasteiger partial charge in [0.05, 0.1) is 23.3 Å². The first kappa shape index (κ1) is 23.4. The number of carbonyl (C=O) groups excluding carboxylic acids is 1. The summed E-state index contributed by atoms with van der Waals surface area (Å²) in [5.41, 5.74) is 1.47. The number of furan rings is 1. The van der Waals surface area contributed by atoms with Crippen LogP contribution in [0.4, 0.5) is 5.69 Å². The van der Waals surface area contributed by atoms with Crippen LogP contribution in [-0.4, -0.2) is 45.4 Å². The predicted octanol–water partition coefficient (Wildman–Crippen LogP) is 4.15. The van der Waals surface area contributed by atoms with Crippen molar-refractivity contribution in [2.24, 2.45) is 0 Å². The van der Waals surface area contributed by atoms with Gasteiger partial charge >= 0.3 is 0 Å². The molecule has 0 aliphatic carbocycles. The van der Waals surface area contributed by atoms with E-state index in [9.17, 15) is 13.2 Å². The quantitative estimate of drug-likeness (QED) is 0.541. The summed E-state index contributed by atoms with van der Waals surface area (Å²) in [5, 5.41) is 0.491. The van der Waals surface area contributed by atoms with Gasteiger partial charge in [-0.3, -0.25) is 4.79 Å². The van der Waals surface area contributed by atoms with Crippen molar-refractivity contribution in [3.8, 4) is 0 Å². The van der Waals surface area contributed by atoms with E-state index in [1.165, 1.54) is 12.1 Å². The van der Waals surface area contributed by atoms with Crippen molar-refractivity contribution >= 4 is 33.2 Å². The minimum absolute atomic E-state index is 0.0902. The summed E-state index contributed by atoms with van der Waals surface area (Å²) in [6.45, 7) is 1.66. The number of anilines is 1. The minimum Gasteiger partial charge on any atom is -0.467 e. The lowest BCUT2D eigenvalue weighted by molar-refractivity contribution is 0.0776. The first-order valence-corrected chi connectivity index (χ1v) is 12.6. The number of para-hydroxylation sites is 1. The van der Waals surface area contributed by atoms with Gasteiger partial charge in [0.1, 0.15) is 5.76 Å². The number of nitrogens with zero attached hydrogens (tertiary/aromatic N) is 2. The third-order valence-electron chi connectivity index (χ3n) is 5.74. The third kappa shape index (κ3) is 5.58. The van der Waals surface area contributed by atoms with Crippen molar-refractivity contribution in [1.29, 1.82) is 0 Å². The van der Waals surface area contributed by atoms with Crippen molar-refractivity contribution < 1.29 is 17.6 Å². The maximum absolute atomic E-state index is 13.1. The molecule has 3 aromatic rings. The van der Waals surface area contributed by atoms with Crippen LogP contribution in [0.25, 0.3) is 0 Å². The van der Waals surface area contributed by atoms with Crippen molar-refractivity contribution in [2.45, 2.75) is 30.3 Å². The maximum Gasteiger partial charge on any atom is 0.256 e. The molecule has 1 amide bonds. The fraction of sp³-hybridized carbons (Fsp3) is 0.292. The largest absolute Gasteiger partial charge is 0.467 e. The summed E-state index contributed by atoms with van der Waals surface area (Å²) in [6.07, 6.45) is 2.86.